The number of rotatable bonds is 3. The number of nitrogens with zero attached hydrogens (tertiary/aromatic N) is 1. The molecule has 1 fully saturated rings. The molecule has 2 aromatic carbocycles. The molecule has 0 bridgehead atoms. The fourth-order valence-corrected chi connectivity index (χ4v) is 5.77. The quantitative estimate of drug-likeness (QED) is 0.641. The van der Waals surface area contributed by atoms with Gasteiger partial charge in [-0.05, 0) is 29.3 Å². The van der Waals surface area contributed by atoms with Crippen LogP contribution in [0.15, 0.2) is 95.7 Å². The van der Waals surface area contributed by atoms with E-state index in [0.717, 1.165) is 11.5 Å². The SMILES string of the molecule is CC(C)(C)[C@H]1CO/C(=C2\C=CC=C2P(c2ccccc2)c2ccccc2)[N-]1. The van der Waals surface area contributed by atoms with Crippen molar-refractivity contribution in [3.63, 3.8) is 0 Å². The molecule has 27 heavy (non-hydrogen) atoms. The van der Waals surface area contributed by atoms with Crippen molar-refractivity contribution in [1.29, 1.82) is 0 Å². The van der Waals surface area contributed by atoms with Gasteiger partial charge in [-0.1, -0.05) is 106 Å². The lowest BCUT2D eigenvalue weighted by molar-refractivity contribution is 0.216. The fraction of sp³-hybridized carbons (Fsp3) is 0.250. The van der Waals surface area contributed by atoms with E-state index < -0.39 is 7.92 Å². The largest absolute Gasteiger partial charge is 0.648 e. The third kappa shape index (κ3) is 3.73. The van der Waals surface area contributed by atoms with Gasteiger partial charge in [0.15, 0.2) is 0 Å². The summed E-state index contributed by atoms with van der Waals surface area (Å²) in [6, 6.07) is 21.7. The summed E-state index contributed by atoms with van der Waals surface area (Å²) >= 11 is 0. The number of hydrogen-bond donors (Lipinski definition) is 0. The van der Waals surface area contributed by atoms with Gasteiger partial charge in [-0.2, -0.15) is 0 Å². The van der Waals surface area contributed by atoms with Crippen molar-refractivity contribution in [1.82, 2.24) is 0 Å². The van der Waals surface area contributed by atoms with Gasteiger partial charge in [0.25, 0.3) is 0 Å². The lowest BCUT2D eigenvalue weighted by Gasteiger charge is -2.35. The van der Waals surface area contributed by atoms with Crippen LogP contribution < -0.4 is 10.6 Å². The standard InChI is InChI=1S/C24H25NOP/c1-24(2,3)22-17-26-23(25-22)20-15-10-16-21(20)27(18-11-6-4-7-12-18)19-13-8-5-9-14-19/h4-16,22H,17H2,1-3H3/q-1/b23-20+/t22-/m1/s1. The van der Waals surface area contributed by atoms with E-state index in [9.17, 15) is 0 Å². The molecule has 0 N–H and O–H groups in total. The molecule has 2 nitrogen and oxygen atoms in total. The first kappa shape index (κ1) is 18.1. The Hall–Kier alpha value is -2.31. The number of allylic oxidation sites excluding steroid dienone is 5. The van der Waals surface area contributed by atoms with E-state index in [-0.39, 0.29) is 11.5 Å². The summed E-state index contributed by atoms with van der Waals surface area (Å²) in [4.78, 5) is 0. The minimum absolute atomic E-state index is 0.109. The van der Waals surface area contributed by atoms with E-state index >= 15 is 0 Å². The molecular weight excluding hydrogens is 349 g/mol. The van der Waals surface area contributed by atoms with Crippen LogP contribution in [0.3, 0.4) is 0 Å². The minimum Gasteiger partial charge on any atom is -0.648 e. The molecule has 0 amide bonds. The predicted molar refractivity (Wildman–Crippen MR) is 116 cm³/mol. The summed E-state index contributed by atoms with van der Waals surface area (Å²) in [5.41, 5.74) is 1.25. The van der Waals surface area contributed by atoms with Crippen LogP contribution in [-0.4, -0.2) is 12.6 Å². The second kappa shape index (κ2) is 7.37. The monoisotopic (exact) mass is 374 g/mol. The maximum Gasteiger partial charge on any atom is 0.0729 e. The molecule has 3 heteroatoms. The van der Waals surface area contributed by atoms with Crippen LogP contribution in [0.2, 0.25) is 0 Å². The first-order valence-corrected chi connectivity index (χ1v) is 10.7. The molecule has 0 radical (unpaired) electrons. The Morgan fingerprint density at radius 3 is 2.04 bits per heavy atom. The summed E-state index contributed by atoms with van der Waals surface area (Å²) in [5, 5.41) is 8.94. The topological polar surface area (TPSA) is 23.3 Å². The van der Waals surface area contributed by atoms with Crippen molar-refractivity contribution >= 4 is 18.5 Å². The smallest absolute Gasteiger partial charge is 0.0729 e. The van der Waals surface area contributed by atoms with Crippen LogP contribution >= 0.6 is 7.92 Å². The van der Waals surface area contributed by atoms with Gasteiger partial charge in [0.05, 0.1) is 6.61 Å². The molecule has 1 atom stereocenters. The Balaban J connectivity index is 1.74. The summed E-state index contributed by atoms with van der Waals surface area (Å²) in [5.74, 6) is 0.800. The molecule has 0 aromatic heterocycles. The Morgan fingerprint density at radius 1 is 0.926 bits per heavy atom. The van der Waals surface area contributed by atoms with E-state index in [1.165, 1.54) is 15.9 Å². The van der Waals surface area contributed by atoms with E-state index in [4.69, 9.17) is 10.1 Å². The lowest BCUT2D eigenvalue weighted by atomic mass is 9.88. The van der Waals surface area contributed by atoms with Crippen molar-refractivity contribution < 1.29 is 4.74 Å². The van der Waals surface area contributed by atoms with E-state index in [1.807, 2.05) is 0 Å². The Labute approximate surface area is 163 Å². The highest BCUT2D eigenvalue weighted by Gasteiger charge is 2.27. The average Bonchev–Trinajstić information content (AvgIpc) is 3.33. The zero-order valence-electron chi connectivity index (χ0n) is 16.1. The van der Waals surface area contributed by atoms with Crippen molar-refractivity contribution in [3.8, 4) is 0 Å². The second-order valence-electron chi connectivity index (χ2n) is 7.96. The summed E-state index contributed by atoms with van der Waals surface area (Å²) in [7, 11) is -0.649. The zero-order valence-corrected chi connectivity index (χ0v) is 17.0. The highest BCUT2D eigenvalue weighted by molar-refractivity contribution is 7.77. The Bertz CT molecular complexity index is 851. The van der Waals surface area contributed by atoms with Crippen LogP contribution in [0.25, 0.3) is 5.32 Å². The van der Waals surface area contributed by atoms with Gasteiger partial charge < -0.3 is 10.1 Å². The molecule has 1 saturated heterocycles. The first-order chi connectivity index (χ1) is 13.0. The summed E-state index contributed by atoms with van der Waals surface area (Å²) in [6.07, 6.45) is 6.51. The summed E-state index contributed by atoms with van der Waals surface area (Å²) < 4.78 is 6.06. The van der Waals surface area contributed by atoms with Gasteiger partial charge in [0, 0.05) is 11.5 Å². The van der Waals surface area contributed by atoms with Gasteiger partial charge in [-0.15, -0.1) is 0 Å². The van der Waals surface area contributed by atoms with Crippen LogP contribution in [0.5, 0.6) is 0 Å². The highest BCUT2D eigenvalue weighted by Crippen LogP contribution is 2.51. The van der Waals surface area contributed by atoms with E-state index in [1.54, 1.807) is 0 Å². The zero-order chi connectivity index (χ0) is 18.9. The molecular formula is C24H25NOP-. The molecule has 138 valence electrons. The van der Waals surface area contributed by atoms with Crippen LogP contribution in [0.4, 0.5) is 0 Å². The van der Waals surface area contributed by atoms with Crippen LogP contribution in [0, 0.1) is 5.41 Å². The third-order valence-electron chi connectivity index (χ3n) is 4.94. The Morgan fingerprint density at radius 2 is 1.52 bits per heavy atom. The first-order valence-electron chi connectivity index (χ1n) is 9.41. The van der Waals surface area contributed by atoms with Crippen LogP contribution in [0.1, 0.15) is 20.8 Å². The molecule has 1 aliphatic heterocycles. The van der Waals surface area contributed by atoms with Crippen molar-refractivity contribution in [2.24, 2.45) is 5.41 Å². The molecule has 0 saturated carbocycles. The maximum absolute atomic E-state index is 6.06. The number of benzene rings is 2. The molecule has 1 heterocycles. The molecule has 0 spiro atoms. The highest BCUT2D eigenvalue weighted by atomic mass is 31.1. The molecule has 2 aromatic rings. The van der Waals surface area contributed by atoms with Crippen molar-refractivity contribution in [2.45, 2.75) is 26.8 Å². The fourth-order valence-electron chi connectivity index (χ4n) is 3.33. The van der Waals surface area contributed by atoms with Gasteiger partial charge in [0.2, 0.25) is 0 Å². The molecule has 2 aliphatic rings. The number of ether oxygens (including phenoxy) is 1. The molecule has 4 rings (SSSR count). The van der Waals surface area contributed by atoms with Gasteiger partial charge in [-0.3, -0.25) is 0 Å². The number of hydrogen-bond acceptors (Lipinski definition) is 1. The predicted octanol–water partition coefficient (Wildman–Crippen LogP) is 5.60. The molecule has 0 unspecified atom stereocenters. The normalized spacial score (nSPS) is 21.9. The minimum atomic E-state index is -0.649. The van der Waals surface area contributed by atoms with Crippen molar-refractivity contribution in [2.75, 3.05) is 6.61 Å². The van der Waals surface area contributed by atoms with Crippen LogP contribution in [-0.2, 0) is 4.74 Å². The maximum atomic E-state index is 6.06. The van der Waals surface area contributed by atoms with Gasteiger partial charge in [0.1, 0.15) is 0 Å². The Kier molecular flexibility index (Phi) is 4.93. The van der Waals surface area contributed by atoms with E-state index in [0.29, 0.717) is 6.61 Å². The van der Waals surface area contributed by atoms with Gasteiger partial charge in [-0.25, -0.2) is 0 Å². The summed E-state index contributed by atoms with van der Waals surface area (Å²) in [6.45, 7) is 7.33. The third-order valence-corrected chi connectivity index (χ3v) is 7.44. The van der Waals surface area contributed by atoms with E-state index in [2.05, 4.69) is 99.7 Å². The molecule has 1 aliphatic carbocycles. The van der Waals surface area contributed by atoms with Crippen molar-refractivity contribution in [3.05, 3.63) is 101 Å². The lowest BCUT2D eigenvalue weighted by Crippen LogP contribution is -2.25. The second-order valence-corrected chi connectivity index (χ2v) is 10.1. The van der Waals surface area contributed by atoms with Gasteiger partial charge >= 0.3 is 0 Å². The average molecular weight is 374 g/mol.